The molecule has 1 unspecified atom stereocenters. The summed E-state index contributed by atoms with van der Waals surface area (Å²) in [6.07, 6.45) is 0.483. The molecule has 1 aliphatic heterocycles. The Hall–Kier alpha value is -1.23. The summed E-state index contributed by atoms with van der Waals surface area (Å²) in [7, 11) is 0. The van der Waals surface area contributed by atoms with Gasteiger partial charge in [0.1, 0.15) is 13.2 Å². The van der Waals surface area contributed by atoms with Crippen LogP contribution in [0.25, 0.3) is 0 Å². The molecule has 0 spiro atoms. The molecule has 98 valence electrons. The zero-order valence-electron chi connectivity index (χ0n) is 10.3. The smallest absolute Gasteiger partial charge is 0.306 e. The van der Waals surface area contributed by atoms with Crippen LogP contribution in [0, 0.1) is 12.8 Å². The molecule has 0 aromatic heterocycles. The molecule has 1 aromatic carbocycles. The molecule has 1 aromatic rings. The summed E-state index contributed by atoms with van der Waals surface area (Å²) < 4.78 is 11.9. The fourth-order valence-electron chi connectivity index (χ4n) is 1.92. The molecule has 0 radical (unpaired) electrons. The summed E-state index contributed by atoms with van der Waals surface area (Å²) in [5, 5.41) is 8.97. The number of halogens is 1. The number of fused-ring (bicyclic) bond motifs is 1. The second-order valence-electron chi connectivity index (χ2n) is 4.44. The van der Waals surface area contributed by atoms with E-state index >= 15 is 0 Å². The van der Waals surface area contributed by atoms with Gasteiger partial charge in [0.05, 0.1) is 10.4 Å². The number of carbonyl (C=O) groups is 1. The van der Waals surface area contributed by atoms with Crippen molar-refractivity contribution in [1.29, 1.82) is 0 Å². The lowest BCUT2D eigenvalue weighted by atomic mass is 9.97. The minimum absolute atomic E-state index is 0.418. The van der Waals surface area contributed by atoms with Crippen LogP contribution in [-0.2, 0) is 11.2 Å². The quantitative estimate of drug-likeness (QED) is 0.932. The van der Waals surface area contributed by atoms with Gasteiger partial charge in [-0.1, -0.05) is 6.92 Å². The first-order chi connectivity index (χ1) is 8.50. The summed E-state index contributed by atoms with van der Waals surface area (Å²) in [5.41, 5.74) is 1.98. The highest BCUT2D eigenvalue weighted by Crippen LogP contribution is 2.41. The normalized spacial score (nSPS) is 15.3. The van der Waals surface area contributed by atoms with Crippen LogP contribution in [0.1, 0.15) is 18.1 Å². The van der Waals surface area contributed by atoms with E-state index in [9.17, 15) is 4.79 Å². The van der Waals surface area contributed by atoms with Gasteiger partial charge in [-0.25, -0.2) is 0 Å². The van der Waals surface area contributed by atoms with Crippen molar-refractivity contribution in [3.8, 4) is 11.5 Å². The lowest BCUT2D eigenvalue weighted by molar-refractivity contribution is -0.141. The topological polar surface area (TPSA) is 55.8 Å². The van der Waals surface area contributed by atoms with E-state index in [1.54, 1.807) is 6.92 Å². The van der Waals surface area contributed by atoms with Gasteiger partial charge in [0.15, 0.2) is 11.5 Å². The van der Waals surface area contributed by atoms with Crippen molar-refractivity contribution in [1.82, 2.24) is 0 Å². The fraction of sp³-hybridized carbons (Fsp3) is 0.462. The molecule has 0 saturated carbocycles. The molecule has 0 saturated heterocycles. The van der Waals surface area contributed by atoms with Crippen molar-refractivity contribution in [2.75, 3.05) is 13.2 Å². The van der Waals surface area contributed by atoms with E-state index in [2.05, 4.69) is 15.9 Å². The van der Waals surface area contributed by atoms with Gasteiger partial charge in [-0.3, -0.25) is 4.79 Å². The summed E-state index contributed by atoms with van der Waals surface area (Å²) in [6.45, 7) is 4.71. The van der Waals surface area contributed by atoms with Gasteiger partial charge in [-0.2, -0.15) is 0 Å². The predicted molar refractivity (Wildman–Crippen MR) is 70.4 cm³/mol. The number of benzene rings is 1. The molecular weight excluding hydrogens is 300 g/mol. The minimum atomic E-state index is -0.791. The summed E-state index contributed by atoms with van der Waals surface area (Å²) >= 11 is 3.49. The monoisotopic (exact) mass is 314 g/mol. The summed E-state index contributed by atoms with van der Waals surface area (Å²) in [4.78, 5) is 10.9. The molecular formula is C13H15BrO4. The molecule has 1 N–H and O–H groups in total. The third-order valence-corrected chi connectivity index (χ3v) is 4.03. The van der Waals surface area contributed by atoms with Crippen molar-refractivity contribution in [2.45, 2.75) is 20.3 Å². The Kier molecular flexibility index (Phi) is 3.80. The van der Waals surface area contributed by atoms with Gasteiger partial charge >= 0.3 is 5.97 Å². The Morgan fingerprint density at radius 3 is 2.83 bits per heavy atom. The van der Waals surface area contributed by atoms with Crippen LogP contribution in [0.15, 0.2) is 10.5 Å². The van der Waals surface area contributed by atoms with Crippen LogP contribution in [0.4, 0.5) is 0 Å². The highest BCUT2D eigenvalue weighted by molar-refractivity contribution is 9.10. The molecule has 0 bridgehead atoms. The van der Waals surface area contributed by atoms with Gasteiger partial charge in [0, 0.05) is 0 Å². The van der Waals surface area contributed by atoms with Crippen molar-refractivity contribution >= 4 is 21.9 Å². The van der Waals surface area contributed by atoms with Crippen LogP contribution in [0.2, 0.25) is 0 Å². The van der Waals surface area contributed by atoms with E-state index in [1.807, 2.05) is 13.0 Å². The van der Waals surface area contributed by atoms with Crippen LogP contribution < -0.4 is 9.47 Å². The van der Waals surface area contributed by atoms with Crippen LogP contribution in [0.3, 0.4) is 0 Å². The summed E-state index contributed by atoms with van der Waals surface area (Å²) in [5.74, 6) is 0.190. The van der Waals surface area contributed by atoms with Crippen LogP contribution in [0.5, 0.6) is 11.5 Å². The second kappa shape index (κ2) is 5.18. The first-order valence-corrected chi connectivity index (χ1v) is 6.60. The lowest BCUT2D eigenvalue weighted by Gasteiger charge is -2.22. The van der Waals surface area contributed by atoms with E-state index in [0.29, 0.717) is 31.1 Å². The number of carboxylic acids is 1. The van der Waals surface area contributed by atoms with Crippen molar-refractivity contribution in [3.63, 3.8) is 0 Å². The fourth-order valence-corrected chi connectivity index (χ4v) is 2.48. The Balaban J connectivity index is 2.37. The number of hydrogen-bond acceptors (Lipinski definition) is 3. The van der Waals surface area contributed by atoms with Crippen LogP contribution in [-0.4, -0.2) is 24.3 Å². The number of carboxylic acid groups (broad SMARTS) is 1. The summed E-state index contributed by atoms with van der Waals surface area (Å²) in [6, 6.07) is 1.88. The molecule has 1 heterocycles. The van der Waals surface area contributed by atoms with Gasteiger partial charge in [0.25, 0.3) is 0 Å². The third kappa shape index (κ3) is 2.46. The molecule has 1 atom stereocenters. The van der Waals surface area contributed by atoms with E-state index in [4.69, 9.17) is 14.6 Å². The molecule has 1 aliphatic rings. The zero-order valence-corrected chi connectivity index (χ0v) is 11.9. The van der Waals surface area contributed by atoms with Crippen LogP contribution >= 0.6 is 15.9 Å². The molecule has 4 nitrogen and oxygen atoms in total. The minimum Gasteiger partial charge on any atom is -0.486 e. The average Bonchev–Trinajstić information content (AvgIpc) is 2.35. The maximum absolute atomic E-state index is 10.9. The maximum atomic E-state index is 10.9. The van der Waals surface area contributed by atoms with E-state index in [-0.39, 0.29) is 0 Å². The van der Waals surface area contributed by atoms with Gasteiger partial charge in [-0.05, 0) is 46.5 Å². The highest BCUT2D eigenvalue weighted by Gasteiger charge is 2.21. The molecule has 0 amide bonds. The number of ether oxygens (including phenoxy) is 2. The standard InChI is InChI=1S/C13H15BrO4/c1-7(13(15)16)5-9-6-10-12(11(14)8(9)2)18-4-3-17-10/h6-7H,3-5H2,1-2H3,(H,15,16). The molecule has 18 heavy (non-hydrogen) atoms. The number of hydrogen-bond donors (Lipinski definition) is 1. The van der Waals surface area contributed by atoms with E-state index in [0.717, 1.165) is 15.6 Å². The van der Waals surface area contributed by atoms with Gasteiger partial charge < -0.3 is 14.6 Å². The SMILES string of the molecule is Cc1c(CC(C)C(=O)O)cc2c(c1Br)OCCO2. The first-order valence-electron chi connectivity index (χ1n) is 5.81. The highest BCUT2D eigenvalue weighted by atomic mass is 79.9. The van der Waals surface area contributed by atoms with E-state index in [1.165, 1.54) is 0 Å². The van der Waals surface area contributed by atoms with Crippen molar-refractivity contribution < 1.29 is 19.4 Å². The van der Waals surface area contributed by atoms with Gasteiger partial charge in [-0.15, -0.1) is 0 Å². The Morgan fingerprint density at radius 1 is 1.50 bits per heavy atom. The predicted octanol–water partition coefficient (Wildman–Crippen LogP) is 2.79. The lowest BCUT2D eigenvalue weighted by Crippen LogP contribution is -2.18. The number of rotatable bonds is 3. The van der Waals surface area contributed by atoms with Gasteiger partial charge in [0.2, 0.25) is 0 Å². The first kappa shape index (κ1) is 13.2. The zero-order chi connectivity index (χ0) is 13.3. The Labute approximate surface area is 114 Å². The Bertz CT molecular complexity index is 484. The molecule has 5 heteroatoms. The molecule has 0 aliphatic carbocycles. The largest absolute Gasteiger partial charge is 0.486 e. The number of aliphatic carboxylic acids is 1. The molecule has 2 rings (SSSR count). The average molecular weight is 315 g/mol. The third-order valence-electron chi connectivity index (χ3n) is 3.07. The molecule has 0 fully saturated rings. The maximum Gasteiger partial charge on any atom is 0.306 e. The van der Waals surface area contributed by atoms with Crippen molar-refractivity contribution in [2.24, 2.45) is 5.92 Å². The Morgan fingerprint density at radius 2 is 2.17 bits per heavy atom. The van der Waals surface area contributed by atoms with E-state index < -0.39 is 11.9 Å². The van der Waals surface area contributed by atoms with Crippen molar-refractivity contribution in [3.05, 3.63) is 21.7 Å². The second-order valence-corrected chi connectivity index (χ2v) is 5.24.